The largest absolute Gasteiger partial charge is 0.274 e. The van der Waals surface area contributed by atoms with Gasteiger partial charge in [0, 0.05) is 16.3 Å². The fourth-order valence-electron chi connectivity index (χ4n) is 4.32. The zero-order valence-corrected chi connectivity index (χ0v) is 18.6. The molecule has 156 valence electrons. The highest BCUT2D eigenvalue weighted by atomic mass is 15.2. The highest BCUT2D eigenvalue weighted by Crippen LogP contribution is 2.33. The van der Waals surface area contributed by atoms with Crippen LogP contribution in [-0.4, -0.2) is 14.6 Å². The summed E-state index contributed by atoms with van der Waals surface area (Å²) in [6.45, 7) is 6.13. The summed E-state index contributed by atoms with van der Waals surface area (Å²) in [6.07, 6.45) is 0. The first kappa shape index (κ1) is 20.0. The monoisotopic (exact) mass is 415 g/mol. The van der Waals surface area contributed by atoms with Gasteiger partial charge in [0.05, 0.1) is 5.52 Å². The first-order valence-electron chi connectivity index (χ1n) is 11.1. The number of hydrogen-bond donors (Lipinski definition) is 0. The molecular weight excluding hydrogens is 390 g/mol. The molecule has 3 nitrogen and oxygen atoms in total. The van der Waals surface area contributed by atoms with E-state index in [0.717, 1.165) is 27.9 Å². The zero-order valence-electron chi connectivity index (χ0n) is 18.6. The molecule has 0 spiro atoms. The van der Waals surface area contributed by atoms with Crippen LogP contribution in [0.4, 0.5) is 0 Å². The summed E-state index contributed by atoms with van der Waals surface area (Å²) in [7, 11) is 0. The van der Waals surface area contributed by atoms with Gasteiger partial charge in [-0.25, -0.2) is 0 Å². The Balaban J connectivity index is 0.00000105. The third-order valence-corrected chi connectivity index (χ3v) is 5.74. The van der Waals surface area contributed by atoms with Crippen LogP contribution in [0.15, 0.2) is 97.1 Å². The molecule has 6 rings (SSSR count). The molecule has 0 aliphatic rings. The van der Waals surface area contributed by atoms with E-state index < -0.39 is 0 Å². The Kier molecular flexibility index (Phi) is 5.16. The summed E-state index contributed by atoms with van der Waals surface area (Å²) in [5.74, 6) is 0.863. The Bertz CT molecular complexity index is 1550. The molecule has 0 aliphatic carbocycles. The smallest absolute Gasteiger partial charge is 0.169 e. The Morgan fingerprint density at radius 3 is 2.06 bits per heavy atom. The minimum Gasteiger partial charge on any atom is -0.274 e. The summed E-state index contributed by atoms with van der Waals surface area (Å²) in [5.41, 5.74) is 6.68. The van der Waals surface area contributed by atoms with Crippen LogP contribution in [0.2, 0.25) is 0 Å². The molecule has 0 fully saturated rings. The maximum Gasteiger partial charge on any atom is 0.169 e. The van der Waals surface area contributed by atoms with E-state index in [1.165, 1.54) is 27.5 Å². The first-order valence-corrected chi connectivity index (χ1v) is 11.1. The second kappa shape index (κ2) is 8.27. The number of benzene rings is 4. The average Bonchev–Trinajstić information content (AvgIpc) is 3.32. The van der Waals surface area contributed by atoms with E-state index in [0.29, 0.717) is 0 Å². The summed E-state index contributed by atoms with van der Waals surface area (Å²) in [5, 5.41) is 12.8. The minimum atomic E-state index is 0.863. The molecule has 32 heavy (non-hydrogen) atoms. The van der Waals surface area contributed by atoms with Gasteiger partial charge in [-0.15, -0.1) is 10.2 Å². The molecule has 4 aromatic carbocycles. The van der Waals surface area contributed by atoms with Crippen LogP contribution < -0.4 is 0 Å². The molecule has 2 aromatic heterocycles. The van der Waals surface area contributed by atoms with Gasteiger partial charge in [0.15, 0.2) is 11.5 Å². The molecule has 0 unspecified atom stereocenters. The van der Waals surface area contributed by atoms with E-state index in [-0.39, 0.29) is 0 Å². The summed E-state index contributed by atoms with van der Waals surface area (Å²) >= 11 is 0. The normalized spacial score (nSPS) is 11.0. The Hall–Kier alpha value is -3.98. The zero-order chi connectivity index (χ0) is 22.1. The third kappa shape index (κ3) is 3.23. The molecule has 0 aliphatic heterocycles. The maximum atomic E-state index is 4.64. The second-order valence-electron chi connectivity index (χ2n) is 7.70. The molecule has 3 heteroatoms. The van der Waals surface area contributed by atoms with Gasteiger partial charge < -0.3 is 0 Å². The standard InChI is InChI=1S/C27H19N3.C2H6/c1-18-14-15-25-24(16-18)22-12-5-6-13-23(22)27-29-28-26(30(25)27)21-11-7-10-20(17-21)19-8-3-2-4-9-19;1-2/h2-17H,1H3;1-2H3. The molecule has 0 saturated heterocycles. The van der Waals surface area contributed by atoms with Crippen LogP contribution in [0.3, 0.4) is 0 Å². The number of hydrogen-bond acceptors (Lipinski definition) is 2. The van der Waals surface area contributed by atoms with Crippen molar-refractivity contribution in [2.75, 3.05) is 0 Å². The molecule has 0 amide bonds. The van der Waals surface area contributed by atoms with Crippen molar-refractivity contribution < 1.29 is 0 Å². The molecular formula is C29H25N3. The van der Waals surface area contributed by atoms with Crippen LogP contribution >= 0.6 is 0 Å². The van der Waals surface area contributed by atoms with Gasteiger partial charge in [-0.3, -0.25) is 4.40 Å². The molecule has 0 saturated carbocycles. The molecule has 2 heterocycles. The topological polar surface area (TPSA) is 30.2 Å². The Morgan fingerprint density at radius 1 is 0.562 bits per heavy atom. The number of pyridine rings is 1. The van der Waals surface area contributed by atoms with Crippen LogP contribution in [0.25, 0.3) is 49.8 Å². The van der Waals surface area contributed by atoms with Crippen LogP contribution in [0, 0.1) is 6.92 Å². The highest BCUT2D eigenvalue weighted by Gasteiger charge is 2.16. The fraction of sp³-hybridized carbons (Fsp3) is 0.103. The van der Waals surface area contributed by atoms with Crippen molar-refractivity contribution in [2.45, 2.75) is 20.8 Å². The lowest BCUT2D eigenvalue weighted by Gasteiger charge is -2.11. The molecule has 0 radical (unpaired) electrons. The Labute approximate surface area is 188 Å². The van der Waals surface area contributed by atoms with E-state index in [2.05, 4.69) is 113 Å². The van der Waals surface area contributed by atoms with E-state index in [1.807, 2.05) is 19.9 Å². The van der Waals surface area contributed by atoms with Crippen molar-refractivity contribution in [3.63, 3.8) is 0 Å². The number of aromatic nitrogens is 3. The van der Waals surface area contributed by atoms with Crippen LogP contribution in [-0.2, 0) is 0 Å². The van der Waals surface area contributed by atoms with Crippen molar-refractivity contribution in [1.82, 2.24) is 14.6 Å². The number of nitrogens with zero attached hydrogens (tertiary/aromatic N) is 3. The first-order chi connectivity index (χ1) is 15.8. The predicted molar refractivity (Wildman–Crippen MR) is 135 cm³/mol. The lowest BCUT2D eigenvalue weighted by Crippen LogP contribution is -1.95. The molecule has 0 bridgehead atoms. The van der Waals surface area contributed by atoms with Crippen molar-refractivity contribution in [3.8, 4) is 22.5 Å². The third-order valence-electron chi connectivity index (χ3n) is 5.74. The van der Waals surface area contributed by atoms with Gasteiger partial charge in [-0.2, -0.15) is 0 Å². The van der Waals surface area contributed by atoms with E-state index >= 15 is 0 Å². The van der Waals surface area contributed by atoms with Gasteiger partial charge in [0.2, 0.25) is 0 Å². The Morgan fingerprint density at radius 2 is 1.25 bits per heavy atom. The summed E-state index contributed by atoms with van der Waals surface area (Å²) in [4.78, 5) is 0. The van der Waals surface area contributed by atoms with Crippen molar-refractivity contribution in [1.29, 1.82) is 0 Å². The minimum absolute atomic E-state index is 0.863. The quantitative estimate of drug-likeness (QED) is 0.271. The van der Waals surface area contributed by atoms with Crippen LogP contribution in [0.5, 0.6) is 0 Å². The van der Waals surface area contributed by atoms with E-state index in [1.54, 1.807) is 0 Å². The second-order valence-corrected chi connectivity index (χ2v) is 7.70. The predicted octanol–water partition coefficient (Wildman–Crippen LogP) is 7.70. The summed E-state index contributed by atoms with van der Waals surface area (Å²) in [6, 6.07) is 34.0. The van der Waals surface area contributed by atoms with Gasteiger partial charge in [0.25, 0.3) is 0 Å². The van der Waals surface area contributed by atoms with E-state index in [9.17, 15) is 0 Å². The van der Waals surface area contributed by atoms with Gasteiger partial charge in [-0.1, -0.05) is 98.3 Å². The maximum absolute atomic E-state index is 4.64. The van der Waals surface area contributed by atoms with Gasteiger partial charge in [0.1, 0.15) is 0 Å². The summed E-state index contributed by atoms with van der Waals surface area (Å²) < 4.78 is 2.20. The lowest BCUT2D eigenvalue weighted by molar-refractivity contribution is 1.12. The average molecular weight is 416 g/mol. The number of rotatable bonds is 2. The SMILES string of the molecule is CC.Cc1ccc2c(c1)c1ccccc1c1nnc(-c3cccc(-c4ccccc4)c3)n21. The highest BCUT2D eigenvalue weighted by molar-refractivity contribution is 6.12. The van der Waals surface area contributed by atoms with Crippen molar-refractivity contribution in [2.24, 2.45) is 0 Å². The number of fused-ring (bicyclic) bond motifs is 6. The van der Waals surface area contributed by atoms with Gasteiger partial charge >= 0.3 is 0 Å². The van der Waals surface area contributed by atoms with Crippen LogP contribution in [0.1, 0.15) is 19.4 Å². The van der Waals surface area contributed by atoms with Gasteiger partial charge in [-0.05, 0) is 41.6 Å². The lowest BCUT2D eigenvalue weighted by atomic mass is 10.0. The fourth-order valence-corrected chi connectivity index (χ4v) is 4.32. The van der Waals surface area contributed by atoms with Crippen molar-refractivity contribution >= 4 is 27.3 Å². The molecule has 0 atom stereocenters. The molecule has 0 N–H and O–H groups in total. The van der Waals surface area contributed by atoms with E-state index in [4.69, 9.17) is 0 Å². The number of aryl methyl sites for hydroxylation is 1. The van der Waals surface area contributed by atoms with Crippen molar-refractivity contribution in [3.05, 3.63) is 103 Å². The molecule has 6 aromatic rings.